The summed E-state index contributed by atoms with van der Waals surface area (Å²) in [5, 5.41) is 0. The molecule has 0 saturated carbocycles. The van der Waals surface area contributed by atoms with Gasteiger partial charge in [-0.2, -0.15) is 0 Å². The molecule has 4 aromatic carbocycles. The van der Waals surface area contributed by atoms with E-state index in [1.165, 1.54) is 22.3 Å². The van der Waals surface area contributed by atoms with Crippen molar-refractivity contribution < 1.29 is 4.74 Å². The molecule has 34 heavy (non-hydrogen) atoms. The molecular weight excluding hydrogens is 416 g/mol. The summed E-state index contributed by atoms with van der Waals surface area (Å²) in [5.74, 6) is 2.33. The van der Waals surface area contributed by atoms with Gasteiger partial charge in [0.15, 0.2) is 0 Å². The first-order chi connectivity index (χ1) is 16.3. The number of ether oxygens (including phenoxy) is 1. The van der Waals surface area contributed by atoms with Gasteiger partial charge in [-0.15, -0.1) is 0 Å². The molecule has 0 aliphatic carbocycles. The number of benzene rings is 4. The maximum atomic E-state index is 6.33. The summed E-state index contributed by atoms with van der Waals surface area (Å²) in [5.41, 5.74) is 20.2. The quantitative estimate of drug-likeness (QED) is 0.221. The largest absolute Gasteiger partial charge is 0.457 e. The third-order valence-corrected chi connectivity index (χ3v) is 6.30. The Kier molecular flexibility index (Phi) is 6.93. The first-order valence-electron chi connectivity index (χ1n) is 11.9. The second kappa shape index (κ2) is 10.0. The highest BCUT2D eigenvalue weighted by Gasteiger charge is 2.21. The van der Waals surface area contributed by atoms with E-state index >= 15 is 0 Å². The molecule has 3 nitrogen and oxygen atoms in total. The maximum Gasteiger partial charge on any atom is 0.127 e. The van der Waals surface area contributed by atoms with Crippen LogP contribution in [0, 0.1) is 0 Å². The lowest BCUT2D eigenvalue weighted by atomic mass is 9.82. The van der Waals surface area contributed by atoms with E-state index in [0.29, 0.717) is 11.8 Å². The molecule has 0 atom stereocenters. The van der Waals surface area contributed by atoms with Gasteiger partial charge in [0, 0.05) is 17.3 Å². The third-order valence-electron chi connectivity index (χ3n) is 6.30. The van der Waals surface area contributed by atoms with Gasteiger partial charge >= 0.3 is 0 Å². The number of hydrogen-bond acceptors (Lipinski definition) is 3. The molecule has 4 aromatic rings. The van der Waals surface area contributed by atoms with Crippen LogP contribution in [0.5, 0.6) is 11.5 Å². The van der Waals surface area contributed by atoms with Crippen molar-refractivity contribution in [1.82, 2.24) is 0 Å². The molecule has 0 amide bonds. The van der Waals surface area contributed by atoms with Gasteiger partial charge in [-0.1, -0.05) is 82.3 Å². The average molecular weight is 451 g/mol. The van der Waals surface area contributed by atoms with Gasteiger partial charge in [0.2, 0.25) is 0 Å². The minimum atomic E-state index is 0.0236. The minimum Gasteiger partial charge on any atom is -0.457 e. The summed E-state index contributed by atoms with van der Waals surface area (Å²) >= 11 is 0. The number of anilines is 2. The number of nitrogens with two attached hydrogens (primary N) is 2. The Morgan fingerprint density at radius 1 is 0.529 bits per heavy atom. The second-order valence-corrected chi connectivity index (χ2v) is 9.51. The van der Waals surface area contributed by atoms with E-state index in [2.05, 4.69) is 70.2 Å². The fourth-order valence-corrected chi connectivity index (χ4v) is 4.51. The standard InChI is InChI=1S/C31H34N2O/c1-20(2)27-18-23(13-15-29(27)32)31(24-14-16-30(33)28(19-24)21(3)4)22-9-8-12-26(17-22)34-25-10-6-5-7-11-25/h5-21,31H,32-33H2,1-4H3. The van der Waals surface area contributed by atoms with Crippen LogP contribution in [-0.4, -0.2) is 0 Å². The number of para-hydroxylation sites is 1. The van der Waals surface area contributed by atoms with E-state index in [4.69, 9.17) is 16.2 Å². The lowest BCUT2D eigenvalue weighted by Gasteiger charge is -2.23. The summed E-state index contributed by atoms with van der Waals surface area (Å²) in [6, 6.07) is 31.1. The van der Waals surface area contributed by atoms with Gasteiger partial charge in [0.1, 0.15) is 11.5 Å². The number of rotatable bonds is 7. The normalized spacial score (nSPS) is 11.4. The van der Waals surface area contributed by atoms with E-state index in [-0.39, 0.29) is 5.92 Å². The van der Waals surface area contributed by atoms with E-state index in [0.717, 1.165) is 28.4 Å². The van der Waals surface area contributed by atoms with E-state index in [1.807, 2.05) is 48.5 Å². The molecule has 0 radical (unpaired) electrons. The van der Waals surface area contributed by atoms with E-state index in [9.17, 15) is 0 Å². The zero-order valence-electron chi connectivity index (χ0n) is 20.5. The molecule has 0 saturated heterocycles. The fraction of sp³-hybridized carbons (Fsp3) is 0.226. The van der Waals surface area contributed by atoms with Crippen LogP contribution in [0.1, 0.15) is 73.3 Å². The monoisotopic (exact) mass is 450 g/mol. The molecule has 0 bridgehead atoms. The Morgan fingerprint density at radius 3 is 1.56 bits per heavy atom. The number of hydrogen-bond donors (Lipinski definition) is 2. The first-order valence-corrected chi connectivity index (χ1v) is 11.9. The molecule has 4 N–H and O–H groups in total. The van der Waals surface area contributed by atoms with Gasteiger partial charge in [0.05, 0.1) is 0 Å². The summed E-state index contributed by atoms with van der Waals surface area (Å²) in [4.78, 5) is 0. The van der Waals surface area contributed by atoms with Crippen molar-refractivity contribution in [2.75, 3.05) is 11.5 Å². The lowest BCUT2D eigenvalue weighted by Crippen LogP contribution is -2.08. The molecule has 0 fully saturated rings. The SMILES string of the molecule is CC(C)c1cc(C(c2cccc(Oc3ccccc3)c2)c2ccc(N)c(C(C)C)c2)ccc1N. The average Bonchev–Trinajstić information content (AvgIpc) is 2.82. The molecule has 0 spiro atoms. The van der Waals surface area contributed by atoms with Crippen molar-refractivity contribution in [3.05, 3.63) is 119 Å². The fourth-order valence-electron chi connectivity index (χ4n) is 4.51. The molecule has 4 rings (SSSR count). The Balaban J connectivity index is 1.85. The predicted octanol–water partition coefficient (Wildman–Crippen LogP) is 8.07. The van der Waals surface area contributed by atoms with Crippen LogP contribution >= 0.6 is 0 Å². The Morgan fingerprint density at radius 2 is 1.03 bits per heavy atom. The maximum absolute atomic E-state index is 6.33. The predicted molar refractivity (Wildman–Crippen MR) is 144 cm³/mol. The van der Waals surface area contributed by atoms with Crippen LogP contribution in [0.25, 0.3) is 0 Å². The molecule has 0 aliphatic rings. The topological polar surface area (TPSA) is 61.3 Å². The Bertz CT molecular complexity index is 1200. The van der Waals surface area contributed by atoms with Crippen molar-refractivity contribution in [3.8, 4) is 11.5 Å². The molecular formula is C31H34N2O. The Hall–Kier alpha value is -3.72. The molecule has 3 heteroatoms. The van der Waals surface area contributed by atoms with Crippen LogP contribution < -0.4 is 16.2 Å². The van der Waals surface area contributed by atoms with Crippen LogP contribution in [0.2, 0.25) is 0 Å². The second-order valence-electron chi connectivity index (χ2n) is 9.51. The van der Waals surface area contributed by atoms with Gasteiger partial charge < -0.3 is 16.2 Å². The van der Waals surface area contributed by atoms with Crippen LogP contribution in [0.3, 0.4) is 0 Å². The first kappa shape index (κ1) is 23.4. The van der Waals surface area contributed by atoms with Gasteiger partial charge in [0.25, 0.3) is 0 Å². The molecule has 174 valence electrons. The summed E-state index contributed by atoms with van der Waals surface area (Å²) < 4.78 is 6.16. The molecule has 0 aliphatic heterocycles. The summed E-state index contributed by atoms with van der Waals surface area (Å²) in [7, 11) is 0. The highest BCUT2D eigenvalue weighted by atomic mass is 16.5. The zero-order valence-corrected chi connectivity index (χ0v) is 20.5. The lowest BCUT2D eigenvalue weighted by molar-refractivity contribution is 0.482. The van der Waals surface area contributed by atoms with Gasteiger partial charge in [-0.05, 0) is 76.1 Å². The van der Waals surface area contributed by atoms with Gasteiger partial charge in [-0.25, -0.2) is 0 Å². The highest BCUT2D eigenvalue weighted by molar-refractivity contribution is 5.57. The molecule has 0 aromatic heterocycles. The van der Waals surface area contributed by atoms with Crippen LogP contribution in [0.4, 0.5) is 11.4 Å². The van der Waals surface area contributed by atoms with Crippen LogP contribution in [-0.2, 0) is 0 Å². The van der Waals surface area contributed by atoms with Crippen molar-refractivity contribution in [2.24, 2.45) is 0 Å². The summed E-state index contributed by atoms with van der Waals surface area (Å²) in [6.07, 6.45) is 0. The van der Waals surface area contributed by atoms with Crippen molar-refractivity contribution in [2.45, 2.75) is 45.4 Å². The zero-order chi connectivity index (χ0) is 24.2. The minimum absolute atomic E-state index is 0.0236. The van der Waals surface area contributed by atoms with Crippen molar-refractivity contribution in [1.29, 1.82) is 0 Å². The molecule has 0 unspecified atom stereocenters. The smallest absolute Gasteiger partial charge is 0.127 e. The number of nitrogen functional groups attached to an aromatic ring is 2. The van der Waals surface area contributed by atoms with Gasteiger partial charge in [-0.3, -0.25) is 0 Å². The Labute approximate surface area is 203 Å². The highest BCUT2D eigenvalue weighted by Crippen LogP contribution is 2.38. The van der Waals surface area contributed by atoms with Crippen molar-refractivity contribution in [3.63, 3.8) is 0 Å². The van der Waals surface area contributed by atoms with E-state index in [1.54, 1.807) is 0 Å². The summed E-state index contributed by atoms with van der Waals surface area (Å²) in [6.45, 7) is 8.72. The molecule has 0 heterocycles. The van der Waals surface area contributed by atoms with E-state index < -0.39 is 0 Å². The van der Waals surface area contributed by atoms with Crippen molar-refractivity contribution >= 4 is 11.4 Å². The third kappa shape index (κ3) is 5.09. The van der Waals surface area contributed by atoms with Crippen LogP contribution in [0.15, 0.2) is 91.0 Å².